The number of nitrogens with one attached hydrogen (secondary N) is 2. The summed E-state index contributed by atoms with van der Waals surface area (Å²) in [5, 5.41) is 11.3. The third kappa shape index (κ3) is 3.16. The second kappa shape index (κ2) is 6.87. The summed E-state index contributed by atoms with van der Waals surface area (Å²) in [6.45, 7) is 1.95. The fourth-order valence-electron chi connectivity index (χ4n) is 3.20. The minimum Gasteiger partial charge on any atom is -0.321 e. The van der Waals surface area contributed by atoms with Crippen molar-refractivity contribution in [2.75, 3.05) is 10.6 Å². The minimum atomic E-state index is -0.178. The number of thiophene rings is 2. The van der Waals surface area contributed by atoms with E-state index in [4.69, 9.17) is 11.6 Å². The first kappa shape index (κ1) is 17.3. The molecule has 1 aromatic carbocycles. The van der Waals surface area contributed by atoms with Crippen LogP contribution in [-0.2, 0) is 4.79 Å². The van der Waals surface area contributed by atoms with Crippen LogP contribution in [0.2, 0.25) is 5.02 Å². The Morgan fingerprint density at radius 2 is 2.04 bits per heavy atom. The average Bonchev–Trinajstić information content (AvgIpc) is 3.25. The quantitative estimate of drug-likeness (QED) is 0.607. The van der Waals surface area contributed by atoms with E-state index in [-0.39, 0.29) is 17.7 Å². The van der Waals surface area contributed by atoms with Gasteiger partial charge in [-0.1, -0.05) is 11.6 Å². The molecule has 26 heavy (non-hydrogen) atoms. The van der Waals surface area contributed by atoms with E-state index in [2.05, 4.69) is 16.0 Å². The van der Waals surface area contributed by atoms with Crippen molar-refractivity contribution in [3.63, 3.8) is 0 Å². The molecule has 2 aromatic heterocycles. The smallest absolute Gasteiger partial charge is 0.266 e. The molecule has 3 aromatic rings. The SMILES string of the molecule is Cc1c(C(=O)Nc2ccc(Cl)cc2)sc2c1C(c1ccsc1)CC(=O)N2. The Kier molecular flexibility index (Phi) is 4.56. The van der Waals surface area contributed by atoms with Crippen LogP contribution in [0, 0.1) is 6.92 Å². The van der Waals surface area contributed by atoms with Crippen molar-refractivity contribution < 1.29 is 9.59 Å². The van der Waals surface area contributed by atoms with Crippen molar-refractivity contribution in [2.45, 2.75) is 19.3 Å². The molecule has 0 aliphatic carbocycles. The lowest BCUT2D eigenvalue weighted by atomic mass is 9.86. The molecule has 1 aliphatic heterocycles. The van der Waals surface area contributed by atoms with E-state index >= 15 is 0 Å². The number of carbonyl (C=O) groups is 2. The Bertz CT molecular complexity index is 978. The standard InChI is InChI=1S/C19H15ClN2O2S2/c1-10-16-14(11-6-7-25-9-11)8-15(23)22-19(16)26-17(10)18(24)21-13-4-2-12(20)3-5-13/h2-7,9,14H,8H2,1H3,(H,21,24)(H,22,23). The van der Waals surface area contributed by atoms with Gasteiger partial charge in [-0.15, -0.1) is 11.3 Å². The number of carbonyl (C=O) groups excluding carboxylic acids is 2. The second-order valence-corrected chi connectivity index (χ2v) is 8.36. The Balaban J connectivity index is 1.69. The zero-order chi connectivity index (χ0) is 18.3. The number of halogens is 1. The summed E-state index contributed by atoms with van der Waals surface area (Å²) in [6, 6.07) is 9.03. The maximum Gasteiger partial charge on any atom is 0.266 e. The fourth-order valence-corrected chi connectivity index (χ4v) is 5.22. The van der Waals surface area contributed by atoms with Crippen molar-refractivity contribution in [3.8, 4) is 0 Å². The molecule has 0 spiro atoms. The van der Waals surface area contributed by atoms with Gasteiger partial charge in [-0.25, -0.2) is 0 Å². The van der Waals surface area contributed by atoms with Crippen LogP contribution >= 0.6 is 34.3 Å². The third-order valence-corrected chi connectivity index (χ3v) is 6.61. The van der Waals surface area contributed by atoms with Gasteiger partial charge in [0, 0.05) is 23.0 Å². The molecule has 1 atom stereocenters. The Hall–Kier alpha value is -2.15. The van der Waals surface area contributed by atoms with Crippen LogP contribution in [-0.4, -0.2) is 11.8 Å². The van der Waals surface area contributed by atoms with Gasteiger partial charge < -0.3 is 10.6 Å². The van der Waals surface area contributed by atoms with E-state index in [0.29, 0.717) is 22.0 Å². The van der Waals surface area contributed by atoms with Gasteiger partial charge in [0.05, 0.1) is 9.88 Å². The summed E-state index contributed by atoms with van der Waals surface area (Å²) in [6.07, 6.45) is 0.402. The average molecular weight is 403 g/mol. The molecule has 0 bridgehead atoms. The second-order valence-electron chi connectivity index (χ2n) is 6.12. The number of benzene rings is 1. The fraction of sp³-hybridized carbons (Fsp3) is 0.158. The van der Waals surface area contributed by atoms with Crippen molar-refractivity contribution in [3.05, 3.63) is 67.7 Å². The molecule has 0 fully saturated rings. The van der Waals surface area contributed by atoms with Crippen LogP contribution in [0.25, 0.3) is 0 Å². The highest BCUT2D eigenvalue weighted by Crippen LogP contribution is 2.45. The molecule has 132 valence electrons. The van der Waals surface area contributed by atoms with E-state index in [1.807, 2.05) is 18.4 Å². The summed E-state index contributed by atoms with van der Waals surface area (Å²) in [4.78, 5) is 25.5. The summed E-state index contributed by atoms with van der Waals surface area (Å²) in [5.41, 5.74) is 3.78. The van der Waals surface area contributed by atoms with Gasteiger partial charge in [-0.3, -0.25) is 9.59 Å². The van der Waals surface area contributed by atoms with Gasteiger partial charge in [0.25, 0.3) is 5.91 Å². The molecule has 7 heteroatoms. The van der Waals surface area contributed by atoms with E-state index in [9.17, 15) is 9.59 Å². The largest absolute Gasteiger partial charge is 0.321 e. The lowest BCUT2D eigenvalue weighted by molar-refractivity contribution is -0.116. The summed E-state index contributed by atoms with van der Waals surface area (Å²) in [5.74, 6) is -0.194. The van der Waals surface area contributed by atoms with Crippen molar-refractivity contribution in [1.82, 2.24) is 0 Å². The van der Waals surface area contributed by atoms with E-state index in [1.165, 1.54) is 11.3 Å². The van der Waals surface area contributed by atoms with Crippen LogP contribution in [0.5, 0.6) is 0 Å². The monoisotopic (exact) mass is 402 g/mol. The highest BCUT2D eigenvalue weighted by atomic mass is 35.5. The first-order chi connectivity index (χ1) is 12.5. The molecule has 4 nitrogen and oxygen atoms in total. The van der Waals surface area contributed by atoms with Gasteiger partial charge in [0.2, 0.25) is 5.91 Å². The number of hydrogen-bond acceptors (Lipinski definition) is 4. The molecule has 0 radical (unpaired) electrons. The van der Waals surface area contributed by atoms with E-state index < -0.39 is 0 Å². The zero-order valence-electron chi connectivity index (χ0n) is 13.8. The third-order valence-electron chi connectivity index (χ3n) is 4.44. The van der Waals surface area contributed by atoms with Crippen LogP contribution in [0.3, 0.4) is 0 Å². The van der Waals surface area contributed by atoms with E-state index in [0.717, 1.165) is 21.7 Å². The number of rotatable bonds is 3. The number of hydrogen-bond donors (Lipinski definition) is 2. The minimum absolute atomic E-state index is 0.00154. The first-order valence-electron chi connectivity index (χ1n) is 8.05. The van der Waals surface area contributed by atoms with Crippen molar-refractivity contribution in [2.24, 2.45) is 0 Å². The van der Waals surface area contributed by atoms with Gasteiger partial charge in [0.15, 0.2) is 0 Å². The number of anilines is 2. The molecule has 1 unspecified atom stereocenters. The van der Waals surface area contributed by atoms with E-state index in [1.54, 1.807) is 35.6 Å². The Morgan fingerprint density at radius 1 is 1.27 bits per heavy atom. The summed E-state index contributed by atoms with van der Waals surface area (Å²) < 4.78 is 0. The topological polar surface area (TPSA) is 58.2 Å². The molecule has 2 N–H and O–H groups in total. The van der Waals surface area contributed by atoms with Crippen LogP contribution in [0.15, 0.2) is 41.1 Å². The lowest BCUT2D eigenvalue weighted by Gasteiger charge is -2.23. The molecule has 0 saturated carbocycles. The van der Waals surface area contributed by atoms with Gasteiger partial charge in [-0.05, 0) is 64.7 Å². The van der Waals surface area contributed by atoms with Gasteiger partial charge in [0.1, 0.15) is 0 Å². The zero-order valence-corrected chi connectivity index (χ0v) is 16.2. The number of amides is 2. The maximum atomic E-state index is 12.8. The van der Waals surface area contributed by atoms with Gasteiger partial charge in [-0.2, -0.15) is 11.3 Å². The number of fused-ring (bicyclic) bond motifs is 1. The van der Waals surface area contributed by atoms with Gasteiger partial charge >= 0.3 is 0 Å². The highest BCUT2D eigenvalue weighted by Gasteiger charge is 2.33. The van der Waals surface area contributed by atoms with Crippen molar-refractivity contribution >= 4 is 56.8 Å². The van der Waals surface area contributed by atoms with Crippen LogP contribution in [0.4, 0.5) is 10.7 Å². The molecule has 1 aliphatic rings. The molecule has 0 saturated heterocycles. The van der Waals surface area contributed by atoms with Crippen LogP contribution < -0.4 is 10.6 Å². The Labute approximate surface area is 163 Å². The van der Waals surface area contributed by atoms with Crippen molar-refractivity contribution in [1.29, 1.82) is 0 Å². The predicted molar refractivity (Wildman–Crippen MR) is 108 cm³/mol. The normalized spacial score (nSPS) is 16.1. The molecular formula is C19H15ClN2O2S2. The molecule has 4 rings (SSSR count). The molecular weight excluding hydrogens is 388 g/mol. The maximum absolute atomic E-state index is 12.8. The molecule has 3 heterocycles. The highest BCUT2D eigenvalue weighted by molar-refractivity contribution is 7.18. The lowest BCUT2D eigenvalue weighted by Crippen LogP contribution is -2.22. The summed E-state index contributed by atoms with van der Waals surface area (Å²) >= 11 is 8.83. The summed E-state index contributed by atoms with van der Waals surface area (Å²) in [7, 11) is 0. The first-order valence-corrected chi connectivity index (χ1v) is 10.2. The molecule has 2 amide bonds. The Morgan fingerprint density at radius 3 is 2.73 bits per heavy atom. The van der Waals surface area contributed by atoms with Crippen LogP contribution in [0.1, 0.15) is 38.7 Å². The predicted octanol–water partition coefficient (Wildman–Crippen LogP) is 5.50.